The maximum absolute atomic E-state index is 13.7. The number of hydrogen-bond acceptors (Lipinski definition) is 2. The molecule has 0 spiro atoms. The molecule has 0 aromatic heterocycles. The van der Waals surface area contributed by atoms with Crippen LogP contribution >= 0.6 is 11.6 Å². The van der Waals surface area contributed by atoms with Crippen LogP contribution in [-0.4, -0.2) is 47.9 Å². The summed E-state index contributed by atoms with van der Waals surface area (Å²) in [5.74, 6) is 0.655. The van der Waals surface area contributed by atoms with E-state index in [0.29, 0.717) is 5.92 Å². The number of rotatable bonds is 5. The predicted molar refractivity (Wildman–Crippen MR) is 139 cm³/mol. The van der Waals surface area contributed by atoms with E-state index in [4.69, 9.17) is 11.6 Å². The first-order valence-corrected chi connectivity index (χ1v) is 13.8. The summed E-state index contributed by atoms with van der Waals surface area (Å²) in [7, 11) is 0. The fourth-order valence-electron chi connectivity index (χ4n) is 5.93. The fraction of sp³-hybridized carbons (Fsp3) is 0.621. The van der Waals surface area contributed by atoms with E-state index in [1.165, 1.54) is 64.2 Å². The fourth-order valence-corrected chi connectivity index (χ4v) is 6.13. The first-order valence-electron chi connectivity index (χ1n) is 13.4. The van der Waals surface area contributed by atoms with Crippen molar-refractivity contribution in [3.63, 3.8) is 0 Å². The minimum absolute atomic E-state index is 0.270. The average Bonchev–Trinajstić information content (AvgIpc) is 3.28. The molecule has 3 aliphatic rings. The van der Waals surface area contributed by atoms with Gasteiger partial charge in [0.1, 0.15) is 0 Å². The molecule has 2 saturated carbocycles. The van der Waals surface area contributed by atoms with Crippen LogP contribution in [0, 0.1) is 5.92 Å². The number of halogens is 1. The van der Waals surface area contributed by atoms with Gasteiger partial charge in [-0.25, -0.2) is 0 Å². The van der Waals surface area contributed by atoms with Gasteiger partial charge in [0, 0.05) is 42.8 Å². The van der Waals surface area contributed by atoms with Crippen LogP contribution < -0.4 is 0 Å². The van der Waals surface area contributed by atoms with Gasteiger partial charge in [0.05, 0.1) is 0 Å². The molecule has 4 heteroatoms. The lowest BCUT2D eigenvalue weighted by atomic mass is 9.89. The molecule has 1 amide bonds. The molecule has 1 aromatic carbocycles. The van der Waals surface area contributed by atoms with Gasteiger partial charge in [0.15, 0.2) is 0 Å². The zero-order chi connectivity index (χ0) is 22.9. The Labute approximate surface area is 205 Å². The van der Waals surface area contributed by atoms with Crippen LogP contribution in [-0.2, 0) is 4.79 Å². The van der Waals surface area contributed by atoms with Crippen LogP contribution in [0.2, 0.25) is 5.02 Å². The van der Waals surface area contributed by atoms with Gasteiger partial charge >= 0.3 is 0 Å². The van der Waals surface area contributed by atoms with E-state index in [-0.39, 0.29) is 5.91 Å². The van der Waals surface area contributed by atoms with Crippen molar-refractivity contribution in [2.75, 3.05) is 26.2 Å². The van der Waals surface area contributed by atoms with Gasteiger partial charge in [-0.2, -0.15) is 0 Å². The van der Waals surface area contributed by atoms with Gasteiger partial charge in [-0.15, -0.1) is 0 Å². The lowest BCUT2D eigenvalue weighted by molar-refractivity contribution is -0.129. The molecule has 1 saturated heterocycles. The van der Waals surface area contributed by atoms with Crippen molar-refractivity contribution in [3.8, 4) is 0 Å². The van der Waals surface area contributed by atoms with Crippen molar-refractivity contribution in [1.29, 1.82) is 0 Å². The molecular formula is C29H41ClN2O. The Morgan fingerprint density at radius 2 is 1.42 bits per heavy atom. The van der Waals surface area contributed by atoms with Gasteiger partial charge < -0.3 is 4.90 Å². The Bertz CT molecular complexity index is 809. The van der Waals surface area contributed by atoms with E-state index in [0.717, 1.165) is 61.2 Å². The van der Waals surface area contributed by atoms with E-state index >= 15 is 0 Å². The molecule has 2 aliphatic carbocycles. The second-order valence-corrected chi connectivity index (χ2v) is 10.6. The van der Waals surface area contributed by atoms with Crippen LogP contribution in [0.1, 0.15) is 82.6 Å². The normalized spacial score (nSPS) is 22.9. The molecule has 1 heterocycles. The van der Waals surface area contributed by atoms with Gasteiger partial charge in [-0.05, 0) is 43.2 Å². The summed E-state index contributed by atoms with van der Waals surface area (Å²) in [6.45, 7) is 3.80. The third-order valence-corrected chi connectivity index (χ3v) is 8.29. The van der Waals surface area contributed by atoms with Crippen LogP contribution in [0.15, 0.2) is 42.0 Å². The SMILES string of the molecule is O=C(C(=CC=Cc1ccccc1Cl)C1CCCCCC1)N1CCN(C2CCCCCC2)CC1. The highest BCUT2D eigenvalue weighted by Crippen LogP contribution is 2.31. The molecule has 0 bridgehead atoms. The Balaban J connectivity index is 1.44. The Morgan fingerprint density at radius 1 is 0.818 bits per heavy atom. The lowest BCUT2D eigenvalue weighted by Crippen LogP contribution is -2.52. The Kier molecular flexibility index (Phi) is 9.49. The molecule has 180 valence electrons. The molecule has 3 nitrogen and oxygen atoms in total. The van der Waals surface area contributed by atoms with Crippen molar-refractivity contribution < 1.29 is 4.79 Å². The molecular weight excluding hydrogens is 428 g/mol. The number of carbonyl (C=O) groups excluding carboxylic acids is 1. The third kappa shape index (κ3) is 6.96. The number of nitrogens with zero attached hydrogens (tertiary/aromatic N) is 2. The predicted octanol–water partition coefficient (Wildman–Crippen LogP) is 7.12. The Hall–Kier alpha value is -1.58. The summed E-state index contributed by atoms with van der Waals surface area (Å²) in [5.41, 5.74) is 2.02. The van der Waals surface area contributed by atoms with Gasteiger partial charge in [-0.1, -0.05) is 99.4 Å². The number of benzene rings is 1. The molecule has 0 N–H and O–H groups in total. The highest BCUT2D eigenvalue weighted by molar-refractivity contribution is 6.32. The molecule has 33 heavy (non-hydrogen) atoms. The van der Waals surface area contributed by atoms with Crippen molar-refractivity contribution >= 4 is 23.6 Å². The summed E-state index contributed by atoms with van der Waals surface area (Å²) in [6.07, 6.45) is 21.7. The van der Waals surface area contributed by atoms with Gasteiger partial charge in [-0.3, -0.25) is 9.69 Å². The maximum atomic E-state index is 13.7. The Morgan fingerprint density at radius 3 is 2.06 bits per heavy atom. The number of allylic oxidation sites excluding steroid dienone is 2. The van der Waals surface area contributed by atoms with E-state index in [2.05, 4.69) is 15.9 Å². The van der Waals surface area contributed by atoms with Crippen molar-refractivity contribution in [1.82, 2.24) is 9.80 Å². The lowest BCUT2D eigenvalue weighted by Gasteiger charge is -2.40. The minimum Gasteiger partial charge on any atom is -0.336 e. The van der Waals surface area contributed by atoms with Crippen molar-refractivity contribution in [3.05, 3.63) is 52.6 Å². The van der Waals surface area contributed by atoms with Crippen LogP contribution in [0.3, 0.4) is 0 Å². The van der Waals surface area contributed by atoms with Crippen LogP contribution in [0.5, 0.6) is 0 Å². The molecule has 0 atom stereocenters. The van der Waals surface area contributed by atoms with Crippen molar-refractivity contribution in [2.24, 2.45) is 5.92 Å². The third-order valence-electron chi connectivity index (χ3n) is 7.94. The molecule has 1 aromatic rings. The first-order chi connectivity index (χ1) is 16.2. The van der Waals surface area contributed by atoms with Gasteiger partial charge in [0.2, 0.25) is 5.91 Å². The van der Waals surface area contributed by atoms with E-state index in [9.17, 15) is 4.79 Å². The molecule has 0 unspecified atom stereocenters. The first kappa shape index (κ1) is 24.5. The molecule has 3 fully saturated rings. The number of amides is 1. The van der Waals surface area contributed by atoms with Gasteiger partial charge in [0.25, 0.3) is 0 Å². The standard InChI is InChI=1S/C29H41ClN2O/c30-28-19-10-9-14-25(28)15-11-18-27(24-12-5-1-2-6-13-24)29(33)32-22-20-31(21-23-32)26-16-7-3-4-8-17-26/h9-11,14-15,18-19,24,26H,1-8,12-13,16-17,20-23H2. The summed E-state index contributed by atoms with van der Waals surface area (Å²) < 4.78 is 0. The second kappa shape index (κ2) is 12.8. The number of hydrogen-bond donors (Lipinski definition) is 0. The zero-order valence-corrected chi connectivity index (χ0v) is 20.9. The topological polar surface area (TPSA) is 23.6 Å². The maximum Gasteiger partial charge on any atom is 0.250 e. The zero-order valence-electron chi connectivity index (χ0n) is 20.2. The van der Waals surface area contributed by atoms with Crippen molar-refractivity contribution in [2.45, 2.75) is 83.1 Å². The van der Waals surface area contributed by atoms with E-state index < -0.39 is 0 Å². The average molecular weight is 469 g/mol. The molecule has 0 radical (unpaired) electrons. The highest BCUT2D eigenvalue weighted by Gasteiger charge is 2.30. The van der Waals surface area contributed by atoms with E-state index in [1.807, 2.05) is 36.4 Å². The summed E-state index contributed by atoms with van der Waals surface area (Å²) in [6, 6.07) is 8.62. The second-order valence-electron chi connectivity index (χ2n) is 10.2. The van der Waals surface area contributed by atoms with Crippen LogP contribution in [0.4, 0.5) is 0 Å². The summed E-state index contributed by atoms with van der Waals surface area (Å²) >= 11 is 6.33. The highest BCUT2D eigenvalue weighted by atomic mass is 35.5. The quantitative estimate of drug-likeness (QED) is 0.261. The molecule has 4 rings (SSSR count). The largest absolute Gasteiger partial charge is 0.336 e. The summed E-state index contributed by atoms with van der Waals surface area (Å²) in [4.78, 5) is 18.5. The monoisotopic (exact) mass is 468 g/mol. The van der Waals surface area contributed by atoms with Crippen LogP contribution in [0.25, 0.3) is 6.08 Å². The van der Waals surface area contributed by atoms with E-state index in [1.54, 1.807) is 0 Å². The number of piperazine rings is 1. The minimum atomic E-state index is 0.270. The number of carbonyl (C=O) groups is 1. The molecule has 1 aliphatic heterocycles. The summed E-state index contributed by atoms with van der Waals surface area (Å²) in [5, 5.41) is 0.749. The smallest absolute Gasteiger partial charge is 0.250 e.